The van der Waals surface area contributed by atoms with Crippen molar-refractivity contribution >= 4 is 21.7 Å². The quantitative estimate of drug-likeness (QED) is 0.768. The Balaban J connectivity index is 2.47. The average Bonchev–Trinajstić information content (AvgIpc) is 2.17. The molecule has 0 atom stereocenters. The van der Waals surface area contributed by atoms with Crippen LogP contribution in [-0.4, -0.2) is 19.0 Å². The number of halogens is 1. The van der Waals surface area contributed by atoms with Crippen molar-refractivity contribution in [3.63, 3.8) is 0 Å². The van der Waals surface area contributed by atoms with Crippen molar-refractivity contribution in [1.82, 2.24) is 0 Å². The van der Waals surface area contributed by atoms with Gasteiger partial charge in [0.1, 0.15) is 6.61 Å². The fraction of sp³-hybridized carbons (Fsp3) is 0.417. The van der Waals surface area contributed by atoms with E-state index in [-0.39, 0.29) is 12.4 Å². The smallest absolute Gasteiger partial charge is 0.188 e. The van der Waals surface area contributed by atoms with Gasteiger partial charge in [0, 0.05) is 16.6 Å². The van der Waals surface area contributed by atoms with E-state index in [2.05, 4.69) is 29.8 Å². The van der Waals surface area contributed by atoms with Crippen LogP contribution in [0.3, 0.4) is 0 Å². The monoisotopic (exact) mass is 270 g/mol. The summed E-state index contributed by atoms with van der Waals surface area (Å²) in [4.78, 5) is 11.6. The zero-order chi connectivity index (χ0) is 11.3. The van der Waals surface area contributed by atoms with E-state index in [1.165, 1.54) is 0 Å². The van der Waals surface area contributed by atoms with Gasteiger partial charge >= 0.3 is 0 Å². The van der Waals surface area contributed by atoms with Gasteiger partial charge in [-0.2, -0.15) is 0 Å². The zero-order valence-corrected chi connectivity index (χ0v) is 10.6. The van der Waals surface area contributed by atoms with Gasteiger partial charge in [-0.1, -0.05) is 41.9 Å². The maximum absolute atomic E-state index is 11.6. The van der Waals surface area contributed by atoms with Crippen molar-refractivity contribution in [2.45, 2.75) is 13.8 Å². The average molecular weight is 271 g/mol. The number of benzene rings is 1. The lowest BCUT2D eigenvalue weighted by molar-refractivity contribution is 0.0705. The van der Waals surface area contributed by atoms with Crippen molar-refractivity contribution in [3.8, 4) is 0 Å². The van der Waals surface area contributed by atoms with E-state index in [4.69, 9.17) is 4.74 Å². The van der Waals surface area contributed by atoms with Gasteiger partial charge in [-0.25, -0.2) is 0 Å². The highest BCUT2D eigenvalue weighted by molar-refractivity contribution is 9.10. The summed E-state index contributed by atoms with van der Waals surface area (Å²) in [6.45, 7) is 4.90. The second kappa shape index (κ2) is 6.03. The number of Topliss-reactive ketones (excluding diaryl/α,β-unsaturated/α-hetero) is 1. The molecule has 0 amide bonds. The number of ether oxygens (including phenoxy) is 1. The van der Waals surface area contributed by atoms with Gasteiger partial charge in [-0.05, 0) is 18.1 Å². The fourth-order valence-corrected chi connectivity index (χ4v) is 1.53. The number of carbonyl (C=O) groups is 1. The Hall–Kier alpha value is -0.670. The third kappa shape index (κ3) is 4.58. The highest BCUT2D eigenvalue weighted by atomic mass is 79.9. The molecule has 1 aromatic carbocycles. The molecule has 0 bridgehead atoms. The van der Waals surface area contributed by atoms with Crippen LogP contribution in [0.2, 0.25) is 0 Å². The molecule has 0 spiro atoms. The van der Waals surface area contributed by atoms with Crippen LogP contribution in [0.25, 0.3) is 0 Å². The Kier molecular flexibility index (Phi) is 4.99. The number of rotatable bonds is 5. The lowest BCUT2D eigenvalue weighted by Gasteiger charge is -2.06. The standard InChI is InChI=1S/C12H15BrO2/c1-9(2)7-15-8-12(14)10-4-3-5-11(13)6-10/h3-6,9H,7-8H2,1-2H3. The normalized spacial score (nSPS) is 10.7. The van der Waals surface area contributed by atoms with E-state index in [1.807, 2.05) is 12.1 Å². The first kappa shape index (κ1) is 12.4. The number of hydrogen-bond donors (Lipinski definition) is 0. The highest BCUT2D eigenvalue weighted by Crippen LogP contribution is 2.12. The third-order valence-electron chi connectivity index (χ3n) is 1.83. The van der Waals surface area contributed by atoms with E-state index < -0.39 is 0 Å². The molecule has 0 saturated heterocycles. The Morgan fingerprint density at radius 1 is 1.47 bits per heavy atom. The van der Waals surface area contributed by atoms with E-state index >= 15 is 0 Å². The number of ketones is 1. The SMILES string of the molecule is CC(C)COCC(=O)c1cccc(Br)c1. The molecule has 0 heterocycles. The van der Waals surface area contributed by atoms with Crippen LogP contribution in [0.4, 0.5) is 0 Å². The molecule has 0 radical (unpaired) electrons. The van der Waals surface area contributed by atoms with Gasteiger partial charge in [0.25, 0.3) is 0 Å². The molecule has 3 heteroatoms. The topological polar surface area (TPSA) is 26.3 Å². The third-order valence-corrected chi connectivity index (χ3v) is 2.32. The molecule has 0 unspecified atom stereocenters. The van der Waals surface area contributed by atoms with Gasteiger partial charge < -0.3 is 4.74 Å². The van der Waals surface area contributed by atoms with E-state index in [0.29, 0.717) is 18.1 Å². The minimum atomic E-state index is 0.0250. The minimum Gasteiger partial charge on any atom is -0.373 e. The lowest BCUT2D eigenvalue weighted by Crippen LogP contribution is -2.12. The summed E-state index contributed by atoms with van der Waals surface area (Å²) in [6, 6.07) is 7.35. The van der Waals surface area contributed by atoms with Crippen LogP contribution < -0.4 is 0 Å². The van der Waals surface area contributed by atoms with Crippen molar-refractivity contribution in [3.05, 3.63) is 34.3 Å². The predicted octanol–water partition coefficient (Wildman–Crippen LogP) is 3.30. The van der Waals surface area contributed by atoms with Crippen molar-refractivity contribution in [2.75, 3.05) is 13.2 Å². The van der Waals surface area contributed by atoms with Crippen LogP contribution in [-0.2, 0) is 4.74 Å². The molecule has 0 aliphatic heterocycles. The zero-order valence-electron chi connectivity index (χ0n) is 9.00. The van der Waals surface area contributed by atoms with Crippen LogP contribution in [0.1, 0.15) is 24.2 Å². The summed E-state index contributed by atoms with van der Waals surface area (Å²) < 4.78 is 6.20. The summed E-state index contributed by atoms with van der Waals surface area (Å²) in [5.41, 5.74) is 0.688. The Labute approximate surface area is 98.8 Å². The number of hydrogen-bond acceptors (Lipinski definition) is 2. The molecule has 15 heavy (non-hydrogen) atoms. The summed E-state index contributed by atoms with van der Waals surface area (Å²) in [6.07, 6.45) is 0. The van der Waals surface area contributed by atoms with Crippen molar-refractivity contribution < 1.29 is 9.53 Å². The van der Waals surface area contributed by atoms with Gasteiger partial charge in [0.15, 0.2) is 5.78 Å². The molecule has 0 saturated carbocycles. The number of carbonyl (C=O) groups excluding carboxylic acids is 1. The fourth-order valence-electron chi connectivity index (χ4n) is 1.13. The lowest BCUT2D eigenvalue weighted by atomic mass is 10.1. The molecule has 1 rings (SSSR count). The van der Waals surface area contributed by atoms with E-state index in [9.17, 15) is 4.79 Å². The Bertz CT molecular complexity index is 334. The van der Waals surface area contributed by atoms with Gasteiger partial charge in [0.05, 0.1) is 0 Å². The minimum absolute atomic E-state index is 0.0250. The second-order valence-corrected chi connectivity index (χ2v) is 4.76. The van der Waals surface area contributed by atoms with Crippen LogP contribution in [0.5, 0.6) is 0 Å². The van der Waals surface area contributed by atoms with Crippen molar-refractivity contribution in [1.29, 1.82) is 0 Å². The molecule has 82 valence electrons. The molecule has 0 aliphatic rings. The first-order valence-corrected chi connectivity index (χ1v) is 5.75. The summed E-state index contributed by atoms with van der Waals surface area (Å²) in [5.74, 6) is 0.484. The van der Waals surface area contributed by atoms with Gasteiger partial charge in [-0.3, -0.25) is 4.79 Å². The van der Waals surface area contributed by atoms with E-state index in [0.717, 1.165) is 4.47 Å². The molecule has 0 fully saturated rings. The molecule has 0 N–H and O–H groups in total. The Morgan fingerprint density at radius 3 is 2.80 bits per heavy atom. The Morgan fingerprint density at radius 2 is 2.20 bits per heavy atom. The predicted molar refractivity (Wildman–Crippen MR) is 64.1 cm³/mol. The van der Waals surface area contributed by atoms with Gasteiger partial charge in [-0.15, -0.1) is 0 Å². The maximum atomic E-state index is 11.6. The summed E-state index contributed by atoms with van der Waals surface area (Å²) >= 11 is 3.33. The molecule has 0 aromatic heterocycles. The van der Waals surface area contributed by atoms with Crippen molar-refractivity contribution in [2.24, 2.45) is 5.92 Å². The first-order chi connectivity index (χ1) is 7.09. The molecule has 0 aliphatic carbocycles. The highest BCUT2D eigenvalue weighted by Gasteiger charge is 2.06. The molecule has 2 nitrogen and oxygen atoms in total. The van der Waals surface area contributed by atoms with Gasteiger partial charge in [0.2, 0.25) is 0 Å². The second-order valence-electron chi connectivity index (χ2n) is 3.84. The maximum Gasteiger partial charge on any atom is 0.188 e. The largest absolute Gasteiger partial charge is 0.373 e. The molecular weight excluding hydrogens is 256 g/mol. The molecule has 1 aromatic rings. The molecular formula is C12H15BrO2. The van der Waals surface area contributed by atoms with E-state index in [1.54, 1.807) is 12.1 Å². The van der Waals surface area contributed by atoms with Crippen LogP contribution >= 0.6 is 15.9 Å². The first-order valence-electron chi connectivity index (χ1n) is 4.96. The summed E-state index contributed by atoms with van der Waals surface area (Å²) in [5, 5.41) is 0. The summed E-state index contributed by atoms with van der Waals surface area (Å²) in [7, 11) is 0. The van der Waals surface area contributed by atoms with Crippen LogP contribution in [0, 0.1) is 5.92 Å². The van der Waals surface area contributed by atoms with Crippen LogP contribution in [0.15, 0.2) is 28.7 Å².